The highest BCUT2D eigenvalue weighted by molar-refractivity contribution is 5.92. The summed E-state index contributed by atoms with van der Waals surface area (Å²) in [6, 6.07) is 8.01. The molecule has 1 saturated heterocycles. The van der Waals surface area contributed by atoms with Gasteiger partial charge in [-0.05, 0) is 43.7 Å². The van der Waals surface area contributed by atoms with Crippen molar-refractivity contribution in [2.75, 3.05) is 25.9 Å². The number of benzene rings is 1. The van der Waals surface area contributed by atoms with Gasteiger partial charge in [-0.2, -0.15) is 0 Å². The van der Waals surface area contributed by atoms with E-state index in [2.05, 4.69) is 23.0 Å². The molecule has 1 atom stereocenters. The van der Waals surface area contributed by atoms with E-state index in [1.54, 1.807) is 0 Å². The van der Waals surface area contributed by atoms with Crippen LogP contribution in [0.5, 0.6) is 0 Å². The molecular weight excluding hydrogens is 250 g/mol. The van der Waals surface area contributed by atoms with E-state index in [0.717, 1.165) is 36.3 Å². The molecule has 4 heteroatoms. The minimum atomic E-state index is 0.382. The Kier molecular flexibility index (Phi) is 3.85. The highest BCUT2D eigenvalue weighted by Crippen LogP contribution is 2.23. The molecule has 0 amide bonds. The van der Waals surface area contributed by atoms with E-state index in [1.807, 2.05) is 24.4 Å². The largest absolute Gasteiger partial charge is 0.398 e. The van der Waals surface area contributed by atoms with Gasteiger partial charge in [0, 0.05) is 37.0 Å². The van der Waals surface area contributed by atoms with Gasteiger partial charge < -0.3 is 10.5 Å². The van der Waals surface area contributed by atoms with Gasteiger partial charge in [-0.3, -0.25) is 9.88 Å². The van der Waals surface area contributed by atoms with Gasteiger partial charge in [-0.15, -0.1) is 0 Å². The van der Waals surface area contributed by atoms with Crippen LogP contribution in [0.3, 0.4) is 0 Å². The maximum Gasteiger partial charge on any atom is 0.0767 e. The molecule has 4 nitrogen and oxygen atoms in total. The van der Waals surface area contributed by atoms with Crippen LogP contribution in [-0.2, 0) is 11.3 Å². The van der Waals surface area contributed by atoms with Crippen molar-refractivity contribution < 1.29 is 4.74 Å². The van der Waals surface area contributed by atoms with Crippen molar-refractivity contribution in [3.8, 4) is 0 Å². The van der Waals surface area contributed by atoms with Gasteiger partial charge >= 0.3 is 0 Å². The van der Waals surface area contributed by atoms with E-state index >= 15 is 0 Å². The molecule has 20 heavy (non-hydrogen) atoms. The number of nitrogen functional groups attached to an aromatic ring is 1. The maximum atomic E-state index is 6.01. The van der Waals surface area contributed by atoms with Crippen molar-refractivity contribution in [2.45, 2.75) is 25.5 Å². The number of ether oxygens (including phenoxy) is 1. The van der Waals surface area contributed by atoms with Crippen LogP contribution >= 0.6 is 0 Å². The summed E-state index contributed by atoms with van der Waals surface area (Å²) in [5.41, 5.74) is 9.03. The first kappa shape index (κ1) is 13.3. The first-order valence-corrected chi connectivity index (χ1v) is 7.16. The molecule has 106 valence electrons. The van der Waals surface area contributed by atoms with Crippen LogP contribution in [0.4, 0.5) is 5.69 Å². The lowest BCUT2D eigenvalue weighted by Crippen LogP contribution is -2.28. The fraction of sp³-hybridized carbons (Fsp3) is 0.438. The van der Waals surface area contributed by atoms with Gasteiger partial charge in [-0.25, -0.2) is 0 Å². The molecule has 1 aromatic heterocycles. The van der Waals surface area contributed by atoms with Crippen LogP contribution in [0.1, 0.15) is 18.4 Å². The SMILES string of the molecule is CN(Cc1ccc(N)c2cccnc12)CC1CCCO1. The molecular formula is C16H21N3O. The quantitative estimate of drug-likeness (QED) is 0.868. The molecule has 0 spiro atoms. The normalized spacial score (nSPS) is 19.0. The average molecular weight is 271 g/mol. The second-order valence-corrected chi connectivity index (χ2v) is 5.55. The highest BCUT2D eigenvalue weighted by Gasteiger charge is 2.18. The Bertz CT molecular complexity index is 593. The molecule has 1 fully saturated rings. The van der Waals surface area contributed by atoms with E-state index in [9.17, 15) is 0 Å². The molecule has 0 bridgehead atoms. The Morgan fingerprint density at radius 1 is 1.40 bits per heavy atom. The number of pyridine rings is 1. The Morgan fingerprint density at radius 2 is 2.30 bits per heavy atom. The zero-order valence-electron chi connectivity index (χ0n) is 11.9. The molecule has 2 N–H and O–H groups in total. The molecule has 1 aliphatic heterocycles. The zero-order chi connectivity index (χ0) is 13.9. The molecule has 2 aromatic rings. The summed E-state index contributed by atoms with van der Waals surface area (Å²) < 4.78 is 5.69. The van der Waals surface area contributed by atoms with Crippen LogP contribution in [0.2, 0.25) is 0 Å². The van der Waals surface area contributed by atoms with Crippen molar-refractivity contribution in [2.24, 2.45) is 0 Å². The Labute approximate surface area is 119 Å². The number of nitrogens with two attached hydrogens (primary N) is 1. The van der Waals surface area contributed by atoms with Gasteiger partial charge in [0.15, 0.2) is 0 Å². The van der Waals surface area contributed by atoms with Crippen LogP contribution in [0, 0.1) is 0 Å². The number of rotatable bonds is 4. The number of aromatic nitrogens is 1. The Hall–Kier alpha value is -1.65. The van der Waals surface area contributed by atoms with Crippen LogP contribution < -0.4 is 5.73 Å². The minimum Gasteiger partial charge on any atom is -0.398 e. The van der Waals surface area contributed by atoms with Crippen LogP contribution in [0.15, 0.2) is 30.5 Å². The lowest BCUT2D eigenvalue weighted by atomic mass is 10.1. The first-order chi connectivity index (χ1) is 9.74. The van der Waals surface area contributed by atoms with Gasteiger partial charge in [0.05, 0.1) is 11.6 Å². The van der Waals surface area contributed by atoms with Gasteiger partial charge in [0.2, 0.25) is 0 Å². The topological polar surface area (TPSA) is 51.4 Å². The van der Waals surface area contributed by atoms with Crippen LogP contribution in [-0.4, -0.2) is 36.2 Å². The smallest absolute Gasteiger partial charge is 0.0767 e. The summed E-state index contributed by atoms with van der Waals surface area (Å²) in [6.45, 7) is 2.75. The number of fused-ring (bicyclic) bond motifs is 1. The first-order valence-electron chi connectivity index (χ1n) is 7.16. The summed E-state index contributed by atoms with van der Waals surface area (Å²) in [6.07, 6.45) is 4.56. The number of hydrogen-bond donors (Lipinski definition) is 1. The van der Waals surface area contributed by atoms with Crippen molar-refractivity contribution in [3.05, 3.63) is 36.0 Å². The lowest BCUT2D eigenvalue weighted by Gasteiger charge is -2.21. The van der Waals surface area contributed by atoms with Gasteiger partial charge in [0.1, 0.15) is 0 Å². The second kappa shape index (κ2) is 5.77. The molecule has 1 unspecified atom stereocenters. The van der Waals surface area contributed by atoms with Gasteiger partial charge in [0.25, 0.3) is 0 Å². The number of anilines is 1. The summed E-state index contributed by atoms with van der Waals surface area (Å²) in [5, 5.41) is 1.04. The second-order valence-electron chi connectivity index (χ2n) is 5.55. The lowest BCUT2D eigenvalue weighted by molar-refractivity contribution is 0.0794. The predicted molar refractivity (Wildman–Crippen MR) is 81.5 cm³/mol. The molecule has 0 aliphatic carbocycles. The summed E-state index contributed by atoms with van der Waals surface area (Å²) in [5.74, 6) is 0. The molecule has 0 radical (unpaired) electrons. The zero-order valence-corrected chi connectivity index (χ0v) is 11.9. The minimum absolute atomic E-state index is 0.382. The molecule has 3 rings (SSSR count). The van der Waals surface area contributed by atoms with Crippen molar-refractivity contribution in [3.63, 3.8) is 0 Å². The molecule has 2 heterocycles. The summed E-state index contributed by atoms with van der Waals surface area (Å²) >= 11 is 0. The van der Waals surface area contributed by atoms with Crippen molar-refractivity contribution in [1.29, 1.82) is 0 Å². The number of nitrogens with zero attached hydrogens (tertiary/aromatic N) is 2. The van der Waals surface area contributed by atoms with E-state index in [4.69, 9.17) is 10.5 Å². The standard InChI is InChI=1S/C16H21N3O/c1-19(11-13-4-3-9-20-13)10-12-6-7-15(17)14-5-2-8-18-16(12)14/h2,5-8,13H,3-4,9-11,17H2,1H3. The van der Waals surface area contributed by atoms with E-state index < -0.39 is 0 Å². The van der Waals surface area contributed by atoms with E-state index in [0.29, 0.717) is 6.10 Å². The number of likely N-dealkylation sites (N-methyl/N-ethyl adjacent to an activating group) is 1. The third-order valence-electron chi connectivity index (χ3n) is 3.87. The third kappa shape index (κ3) is 2.76. The molecule has 1 aliphatic rings. The fourth-order valence-corrected chi connectivity index (χ4v) is 2.87. The molecule has 1 aromatic carbocycles. The van der Waals surface area contributed by atoms with Crippen molar-refractivity contribution in [1.82, 2.24) is 9.88 Å². The van der Waals surface area contributed by atoms with Crippen LogP contribution in [0.25, 0.3) is 10.9 Å². The third-order valence-corrected chi connectivity index (χ3v) is 3.87. The molecule has 0 saturated carbocycles. The van der Waals surface area contributed by atoms with E-state index in [-0.39, 0.29) is 0 Å². The van der Waals surface area contributed by atoms with E-state index in [1.165, 1.54) is 18.4 Å². The number of hydrogen-bond acceptors (Lipinski definition) is 4. The van der Waals surface area contributed by atoms with Crippen molar-refractivity contribution >= 4 is 16.6 Å². The summed E-state index contributed by atoms with van der Waals surface area (Å²) in [4.78, 5) is 6.79. The fourth-order valence-electron chi connectivity index (χ4n) is 2.87. The Morgan fingerprint density at radius 3 is 3.10 bits per heavy atom. The highest BCUT2D eigenvalue weighted by atomic mass is 16.5. The van der Waals surface area contributed by atoms with Gasteiger partial charge in [-0.1, -0.05) is 6.07 Å². The summed E-state index contributed by atoms with van der Waals surface area (Å²) in [7, 11) is 2.13. The monoisotopic (exact) mass is 271 g/mol. The average Bonchev–Trinajstić information content (AvgIpc) is 2.95. The Balaban J connectivity index is 1.78. The maximum absolute atomic E-state index is 6.01. The predicted octanol–water partition coefficient (Wildman–Crippen LogP) is 2.43.